The number of carbonyl (C=O) groups is 1. The van der Waals surface area contributed by atoms with Crippen LogP contribution in [0, 0.1) is 0 Å². The predicted octanol–water partition coefficient (Wildman–Crippen LogP) is 3.65. The lowest BCUT2D eigenvalue weighted by molar-refractivity contribution is 0.0712. The first-order chi connectivity index (χ1) is 10.3. The second-order valence-corrected chi connectivity index (χ2v) is 7.47. The van der Waals surface area contributed by atoms with Gasteiger partial charge in [-0.1, -0.05) is 12.8 Å². The summed E-state index contributed by atoms with van der Waals surface area (Å²) in [5.41, 5.74) is 1.45. The van der Waals surface area contributed by atoms with Gasteiger partial charge in [-0.25, -0.2) is 0 Å². The fourth-order valence-electron chi connectivity index (χ4n) is 3.48. The highest BCUT2D eigenvalue weighted by Gasteiger charge is 2.25. The standard InChI is InChI=1S/C17H26N2OS.ClH/c1-18-14-8-10-19(11-9-14)17(20)16-12-13-6-4-2-3-5-7-15(13)21-16;/h12,14,18H,2-11H2,1H3;1H. The molecule has 0 spiro atoms. The van der Waals surface area contributed by atoms with Crippen LogP contribution in [0.1, 0.15) is 58.6 Å². The number of amides is 1. The van der Waals surface area contributed by atoms with Gasteiger partial charge in [0.05, 0.1) is 4.88 Å². The van der Waals surface area contributed by atoms with Crippen LogP contribution in [0.4, 0.5) is 0 Å². The summed E-state index contributed by atoms with van der Waals surface area (Å²) in [6.07, 6.45) is 9.75. The normalized spacial score (nSPS) is 19.8. The molecule has 1 fully saturated rings. The van der Waals surface area contributed by atoms with Gasteiger partial charge < -0.3 is 10.2 Å². The highest BCUT2D eigenvalue weighted by Crippen LogP contribution is 2.29. The molecule has 3 nitrogen and oxygen atoms in total. The maximum absolute atomic E-state index is 12.7. The summed E-state index contributed by atoms with van der Waals surface area (Å²) in [5, 5.41) is 3.32. The van der Waals surface area contributed by atoms with Crippen molar-refractivity contribution in [1.82, 2.24) is 10.2 Å². The van der Waals surface area contributed by atoms with E-state index in [1.54, 1.807) is 11.3 Å². The van der Waals surface area contributed by atoms with Gasteiger partial charge in [-0.15, -0.1) is 23.7 Å². The Bertz CT molecular complexity index is 469. The van der Waals surface area contributed by atoms with E-state index in [1.165, 1.54) is 49.0 Å². The van der Waals surface area contributed by atoms with Crippen LogP contribution >= 0.6 is 23.7 Å². The van der Waals surface area contributed by atoms with Crippen molar-refractivity contribution in [3.05, 3.63) is 21.4 Å². The summed E-state index contributed by atoms with van der Waals surface area (Å²) in [7, 11) is 2.02. The molecule has 0 saturated carbocycles. The van der Waals surface area contributed by atoms with Gasteiger partial charge in [0.15, 0.2) is 0 Å². The molecule has 0 bridgehead atoms. The number of fused-ring (bicyclic) bond motifs is 1. The van der Waals surface area contributed by atoms with E-state index in [-0.39, 0.29) is 18.3 Å². The number of halogens is 1. The van der Waals surface area contributed by atoms with Crippen molar-refractivity contribution >= 4 is 29.7 Å². The molecule has 1 aromatic rings. The largest absolute Gasteiger partial charge is 0.338 e. The van der Waals surface area contributed by atoms with Crippen LogP contribution in [-0.4, -0.2) is 37.0 Å². The van der Waals surface area contributed by atoms with Crippen molar-refractivity contribution in [1.29, 1.82) is 0 Å². The Morgan fingerprint density at radius 2 is 1.86 bits per heavy atom. The topological polar surface area (TPSA) is 32.3 Å². The van der Waals surface area contributed by atoms with Gasteiger partial charge in [-0.2, -0.15) is 0 Å². The number of thiophene rings is 1. The Kier molecular flexibility index (Phi) is 6.72. The zero-order chi connectivity index (χ0) is 14.7. The lowest BCUT2D eigenvalue weighted by Crippen LogP contribution is -2.43. The smallest absolute Gasteiger partial charge is 0.263 e. The molecule has 1 N–H and O–H groups in total. The molecule has 1 aliphatic carbocycles. The zero-order valence-electron chi connectivity index (χ0n) is 13.4. The maximum atomic E-state index is 12.7. The number of carbonyl (C=O) groups excluding carboxylic acids is 1. The number of hydrogen-bond acceptors (Lipinski definition) is 3. The van der Waals surface area contributed by atoms with Gasteiger partial charge in [0.1, 0.15) is 0 Å². The number of aryl methyl sites for hydroxylation is 2. The molecule has 0 atom stereocenters. The zero-order valence-corrected chi connectivity index (χ0v) is 15.0. The van der Waals surface area contributed by atoms with Gasteiger partial charge in [0, 0.05) is 24.0 Å². The first-order valence-corrected chi connectivity index (χ1v) is 9.17. The van der Waals surface area contributed by atoms with Crippen molar-refractivity contribution in [2.45, 2.75) is 57.4 Å². The Balaban J connectivity index is 0.00000176. The fraction of sp³-hybridized carbons (Fsp3) is 0.706. The van der Waals surface area contributed by atoms with Crippen molar-refractivity contribution < 1.29 is 4.79 Å². The van der Waals surface area contributed by atoms with Gasteiger partial charge in [-0.3, -0.25) is 4.79 Å². The molecule has 0 aromatic carbocycles. The van der Waals surface area contributed by atoms with E-state index in [0.29, 0.717) is 6.04 Å². The quantitative estimate of drug-likeness (QED) is 0.889. The van der Waals surface area contributed by atoms with Crippen LogP contribution in [0.2, 0.25) is 0 Å². The summed E-state index contributed by atoms with van der Waals surface area (Å²) < 4.78 is 0. The number of hydrogen-bond donors (Lipinski definition) is 1. The predicted molar refractivity (Wildman–Crippen MR) is 95.4 cm³/mol. The highest BCUT2D eigenvalue weighted by molar-refractivity contribution is 7.14. The Morgan fingerprint density at radius 1 is 1.18 bits per heavy atom. The number of piperidine rings is 1. The maximum Gasteiger partial charge on any atom is 0.263 e. The highest BCUT2D eigenvalue weighted by atomic mass is 35.5. The van der Waals surface area contributed by atoms with E-state index in [4.69, 9.17) is 0 Å². The van der Waals surface area contributed by atoms with Crippen LogP contribution < -0.4 is 5.32 Å². The van der Waals surface area contributed by atoms with E-state index in [9.17, 15) is 4.79 Å². The van der Waals surface area contributed by atoms with Crippen LogP contribution in [-0.2, 0) is 12.8 Å². The minimum Gasteiger partial charge on any atom is -0.338 e. The van der Waals surface area contributed by atoms with Gasteiger partial charge in [-0.05, 0) is 57.2 Å². The van der Waals surface area contributed by atoms with Gasteiger partial charge in [0.2, 0.25) is 0 Å². The summed E-state index contributed by atoms with van der Waals surface area (Å²) in [4.78, 5) is 17.2. The molecule has 2 heterocycles. The lowest BCUT2D eigenvalue weighted by Gasteiger charge is -2.31. The third kappa shape index (κ3) is 4.03. The molecule has 0 radical (unpaired) electrons. The SMILES string of the molecule is CNC1CCN(C(=O)c2cc3c(s2)CCCCCC3)CC1.Cl. The lowest BCUT2D eigenvalue weighted by atomic mass is 9.99. The average molecular weight is 343 g/mol. The molecular weight excluding hydrogens is 316 g/mol. The minimum absolute atomic E-state index is 0. The van der Waals surface area contributed by atoms with E-state index in [0.717, 1.165) is 30.8 Å². The Labute approximate surface area is 143 Å². The average Bonchev–Trinajstić information content (AvgIpc) is 2.89. The van der Waals surface area contributed by atoms with E-state index >= 15 is 0 Å². The molecule has 5 heteroatoms. The molecule has 1 amide bonds. The Hall–Kier alpha value is -0.580. The first-order valence-electron chi connectivity index (χ1n) is 8.36. The van der Waals surface area contributed by atoms with E-state index in [2.05, 4.69) is 11.4 Å². The molecule has 0 unspecified atom stereocenters. The summed E-state index contributed by atoms with van der Waals surface area (Å²) in [5.74, 6) is 0.265. The third-order valence-corrected chi connectivity index (χ3v) is 6.12. The van der Waals surface area contributed by atoms with Gasteiger partial charge >= 0.3 is 0 Å². The molecule has 1 saturated heterocycles. The number of likely N-dealkylation sites (tertiary alicyclic amines) is 1. The van der Waals surface area contributed by atoms with Crippen molar-refractivity contribution in [2.75, 3.05) is 20.1 Å². The molecule has 124 valence electrons. The van der Waals surface area contributed by atoms with E-state index in [1.807, 2.05) is 11.9 Å². The van der Waals surface area contributed by atoms with Crippen LogP contribution in [0.5, 0.6) is 0 Å². The van der Waals surface area contributed by atoms with Crippen LogP contribution in [0.3, 0.4) is 0 Å². The van der Waals surface area contributed by atoms with Crippen molar-refractivity contribution in [2.24, 2.45) is 0 Å². The Morgan fingerprint density at radius 3 is 2.55 bits per heavy atom. The van der Waals surface area contributed by atoms with Crippen LogP contribution in [0.15, 0.2) is 6.07 Å². The van der Waals surface area contributed by atoms with Gasteiger partial charge in [0.25, 0.3) is 5.91 Å². The third-order valence-electron chi connectivity index (χ3n) is 4.90. The number of nitrogens with one attached hydrogen (secondary N) is 1. The van der Waals surface area contributed by atoms with E-state index < -0.39 is 0 Å². The molecule has 1 aliphatic heterocycles. The summed E-state index contributed by atoms with van der Waals surface area (Å²) in [6, 6.07) is 2.77. The van der Waals surface area contributed by atoms with Crippen LogP contribution in [0.25, 0.3) is 0 Å². The number of rotatable bonds is 2. The first kappa shape index (κ1) is 17.8. The molecule has 1 aromatic heterocycles. The summed E-state index contributed by atoms with van der Waals surface area (Å²) in [6.45, 7) is 1.79. The molecular formula is C17H27ClN2OS. The fourth-order valence-corrected chi connectivity index (χ4v) is 4.70. The molecule has 22 heavy (non-hydrogen) atoms. The minimum atomic E-state index is 0. The monoisotopic (exact) mass is 342 g/mol. The second-order valence-electron chi connectivity index (χ2n) is 6.33. The number of nitrogens with zero attached hydrogens (tertiary/aromatic N) is 1. The van der Waals surface area contributed by atoms with Crippen molar-refractivity contribution in [3.63, 3.8) is 0 Å². The molecule has 2 aliphatic rings. The molecule has 3 rings (SSSR count). The second kappa shape index (κ2) is 8.32. The van der Waals surface area contributed by atoms with Crippen molar-refractivity contribution in [3.8, 4) is 0 Å². The summed E-state index contributed by atoms with van der Waals surface area (Å²) >= 11 is 1.76.